The lowest BCUT2D eigenvalue weighted by molar-refractivity contribution is -0.179. The highest BCUT2D eigenvalue weighted by Gasteiger charge is 2.47. The third kappa shape index (κ3) is 7.95. The van der Waals surface area contributed by atoms with E-state index in [9.17, 15) is 26.7 Å². The number of aromatic nitrogens is 4. The summed E-state index contributed by atoms with van der Waals surface area (Å²) in [4.78, 5) is 26.4. The Morgan fingerprint density at radius 1 is 1.21 bits per heavy atom. The van der Waals surface area contributed by atoms with Gasteiger partial charge in [0.1, 0.15) is 5.75 Å². The second-order valence-corrected chi connectivity index (χ2v) is 9.19. The lowest BCUT2D eigenvalue weighted by Gasteiger charge is -2.33. The van der Waals surface area contributed by atoms with Crippen molar-refractivity contribution >= 4 is 11.7 Å². The number of pyridine rings is 1. The lowest BCUT2D eigenvalue weighted by Crippen LogP contribution is -2.50. The predicted molar refractivity (Wildman–Crippen MR) is 147 cm³/mol. The minimum absolute atomic E-state index is 0.108. The Bertz CT molecular complexity index is 1360. The standard InChI is InChI=1S/C28H33F5N6O3/c1-5-8-14-42-26-25-34-12-13-38(25)17-21(37-26)19-15-20(35-16-22(19)41-4)24(28(31,32)33)39(7-3)27(40)36-18(9-6-2)10-11-23(29)30/h5-6,12-13,15-18,23-24H,1-2,7-11,14H2,3-4H3,(H,36,40). The summed E-state index contributed by atoms with van der Waals surface area (Å²) in [6.07, 6.45) is 1.32. The van der Waals surface area contributed by atoms with Gasteiger partial charge in [-0.25, -0.2) is 23.5 Å². The molecular formula is C28H33F5N6O3. The Balaban J connectivity index is 2.05. The maximum absolute atomic E-state index is 14.6. The number of fused-ring (bicyclic) bond motifs is 1. The van der Waals surface area contributed by atoms with Gasteiger partial charge >= 0.3 is 12.2 Å². The van der Waals surface area contributed by atoms with Gasteiger partial charge in [0.2, 0.25) is 12.1 Å². The first-order valence-electron chi connectivity index (χ1n) is 13.2. The van der Waals surface area contributed by atoms with E-state index in [1.54, 1.807) is 22.9 Å². The van der Waals surface area contributed by atoms with Crippen molar-refractivity contribution in [3.05, 3.63) is 61.9 Å². The molecule has 2 atom stereocenters. The molecule has 0 bridgehead atoms. The third-order valence-corrected chi connectivity index (χ3v) is 6.30. The Kier molecular flexibility index (Phi) is 11.2. The van der Waals surface area contributed by atoms with Crippen LogP contribution in [0.3, 0.4) is 0 Å². The number of halogens is 5. The zero-order valence-electron chi connectivity index (χ0n) is 23.3. The smallest absolute Gasteiger partial charge is 0.414 e. The molecule has 0 spiro atoms. The molecule has 3 aromatic heterocycles. The van der Waals surface area contributed by atoms with E-state index >= 15 is 0 Å². The molecule has 2 unspecified atom stereocenters. The SMILES string of the molecule is C=CCCOc1nc(-c2cc(C(N(CC)C(=O)NC(CC=C)CCC(F)F)C(F)(F)F)ncc2OC)cn2ccnc12. The molecule has 0 aliphatic carbocycles. The number of ether oxygens (including phenoxy) is 2. The van der Waals surface area contributed by atoms with E-state index < -0.39 is 42.8 Å². The van der Waals surface area contributed by atoms with Crippen molar-refractivity contribution in [3.8, 4) is 22.9 Å². The number of hydrogen-bond acceptors (Lipinski definition) is 6. The van der Waals surface area contributed by atoms with Gasteiger partial charge in [0.05, 0.1) is 31.3 Å². The number of carbonyl (C=O) groups is 1. The number of alkyl halides is 5. The second-order valence-electron chi connectivity index (χ2n) is 9.19. The minimum atomic E-state index is -4.94. The van der Waals surface area contributed by atoms with Gasteiger partial charge in [0, 0.05) is 43.2 Å². The van der Waals surface area contributed by atoms with Crippen LogP contribution in [0.5, 0.6) is 11.6 Å². The molecule has 42 heavy (non-hydrogen) atoms. The number of amides is 2. The average molecular weight is 597 g/mol. The molecule has 0 saturated heterocycles. The van der Waals surface area contributed by atoms with Crippen LogP contribution in [0.4, 0.5) is 26.7 Å². The third-order valence-electron chi connectivity index (χ3n) is 6.30. The lowest BCUT2D eigenvalue weighted by atomic mass is 10.1. The Hall–Kier alpha value is -4.23. The Morgan fingerprint density at radius 3 is 2.60 bits per heavy atom. The maximum atomic E-state index is 14.6. The van der Waals surface area contributed by atoms with Gasteiger partial charge < -0.3 is 24.1 Å². The Labute approximate surface area is 240 Å². The van der Waals surface area contributed by atoms with Crippen molar-refractivity contribution in [2.45, 2.75) is 57.3 Å². The second kappa shape index (κ2) is 14.6. The summed E-state index contributed by atoms with van der Waals surface area (Å²) < 4.78 is 82.1. The van der Waals surface area contributed by atoms with Crippen molar-refractivity contribution in [3.63, 3.8) is 0 Å². The van der Waals surface area contributed by atoms with Crippen LogP contribution < -0.4 is 14.8 Å². The zero-order chi connectivity index (χ0) is 30.9. The molecule has 0 radical (unpaired) electrons. The molecule has 0 saturated carbocycles. The predicted octanol–water partition coefficient (Wildman–Crippen LogP) is 6.38. The number of imidazole rings is 1. The molecule has 1 N–H and O–H groups in total. The van der Waals surface area contributed by atoms with E-state index in [2.05, 4.69) is 33.4 Å². The molecule has 3 rings (SSSR count). The van der Waals surface area contributed by atoms with Gasteiger partial charge in [-0.15, -0.1) is 13.2 Å². The first kappa shape index (κ1) is 32.3. The molecule has 0 aromatic carbocycles. The normalized spacial score (nSPS) is 13.0. The number of nitrogens with zero attached hydrogens (tertiary/aromatic N) is 5. The summed E-state index contributed by atoms with van der Waals surface area (Å²) in [5.74, 6) is 0.285. The van der Waals surface area contributed by atoms with E-state index in [0.717, 1.165) is 12.3 Å². The fourth-order valence-electron chi connectivity index (χ4n) is 4.32. The summed E-state index contributed by atoms with van der Waals surface area (Å²) in [5, 5.41) is 2.45. The quantitative estimate of drug-likeness (QED) is 0.124. The maximum Gasteiger partial charge on any atom is 0.414 e. The topological polar surface area (TPSA) is 93.9 Å². The van der Waals surface area contributed by atoms with Crippen molar-refractivity contribution in [2.24, 2.45) is 0 Å². The van der Waals surface area contributed by atoms with Crippen molar-refractivity contribution < 1.29 is 36.2 Å². The monoisotopic (exact) mass is 596 g/mol. The molecule has 3 heterocycles. The first-order valence-corrected chi connectivity index (χ1v) is 13.2. The number of urea groups is 1. The van der Waals surface area contributed by atoms with E-state index in [1.807, 2.05) is 0 Å². The van der Waals surface area contributed by atoms with Gasteiger partial charge in [-0.05, 0) is 32.3 Å². The molecule has 0 aliphatic heterocycles. The van der Waals surface area contributed by atoms with E-state index in [0.29, 0.717) is 17.0 Å². The highest BCUT2D eigenvalue weighted by atomic mass is 19.4. The fraction of sp³-hybridized carbons (Fsp3) is 0.429. The molecular weight excluding hydrogens is 563 g/mol. The summed E-state index contributed by atoms with van der Waals surface area (Å²) in [6.45, 7) is 8.47. The van der Waals surface area contributed by atoms with Crippen LogP contribution in [-0.4, -0.2) is 69.2 Å². The van der Waals surface area contributed by atoms with E-state index in [-0.39, 0.29) is 48.9 Å². The number of rotatable bonds is 15. The van der Waals surface area contributed by atoms with Gasteiger partial charge in [-0.2, -0.15) is 13.2 Å². The summed E-state index contributed by atoms with van der Waals surface area (Å²) in [6, 6.07) is -3.20. The first-order chi connectivity index (χ1) is 20.0. The number of hydrogen-bond donors (Lipinski definition) is 1. The fourth-order valence-corrected chi connectivity index (χ4v) is 4.32. The van der Waals surface area contributed by atoms with Crippen LogP contribution in [0.25, 0.3) is 16.9 Å². The molecule has 0 aliphatic rings. The molecule has 0 fully saturated rings. The molecule has 14 heteroatoms. The van der Waals surface area contributed by atoms with Crippen LogP contribution in [0.15, 0.2) is 56.2 Å². The van der Waals surface area contributed by atoms with Gasteiger partial charge in [-0.1, -0.05) is 12.2 Å². The highest BCUT2D eigenvalue weighted by Crippen LogP contribution is 2.40. The summed E-state index contributed by atoms with van der Waals surface area (Å²) in [7, 11) is 1.34. The largest absolute Gasteiger partial charge is 0.494 e. The van der Waals surface area contributed by atoms with Gasteiger partial charge in [0.25, 0.3) is 5.88 Å². The average Bonchev–Trinajstić information content (AvgIpc) is 3.43. The Morgan fingerprint density at radius 2 is 1.98 bits per heavy atom. The summed E-state index contributed by atoms with van der Waals surface area (Å²) >= 11 is 0. The molecule has 9 nitrogen and oxygen atoms in total. The van der Waals surface area contributed by atoms with Gasteiger partial charge in [-0.3, -0.25) is 4.98 Å². The number of methoxy groups -OCH3 is 1. The van der Waals surface area contributed by atoms with E-state index in [4.69, 9.17) is 9.47 Å². The van der Waals surface area contributed by atoms with Crippen LogP contribution in [-0.2, 0) is 0 Å². The van der Waals surface area contributed by atoms with Crippen LogP contribution >= 0.6 is 0 Å². The molecule has 2 amide bonds. The van der Waals surface area contributed by atoms with Gasteiger partial charge in [0.15, 0.2) is 6.04 Å². The number of nitrogens with one attached hydrogen (secondary N) is 1. The van der Waals surface area contributed by atoms with E-state index in [1.165, 1.54) is 26.3 Å². The highest BCUT2D eigenvalue weighted by molar-refractivity contribution is 5.75. The summed E-state index contributed by atoms with van der Waals surface area (Å²) in [5.41, 5.74) is 0.281. The molecule has 228 valence electrons. The zero-order valence-corrected chi connectivity index (χ0v) is 23.3. The van der Waals surface area contributed by atoms with Crippen molar-refractivity contribution in [1.29, 1.82) is 0 Å². The van der Waals surface area contributed by atoms with Crippen LogP contribution in [0.2, 0.25) is 0 Å². The van der Waals surface area contributed by atoms with Crippen LogP contribution in [0, 0.1) is 0 Å². The van der Waals surface area contributed by atoms with Crippen molar-refractivity contribution in [2.75, 3.05) is 20.3 Å². The van der Waals surface area contributed by atoms with Crippen molar-refractivity contribution in [1.82, 2.24) is 29.6 Å². The van der Waals surface area contributed by atoms with Crippen LogP contribution in [0.1, 0.15) is 44.3 Å². The minimum Gasteiger partial charge on any atom is -0.494 e. The molecule has 3 aromatic rings. The number of carbonyl (C=O) groups excluding carboxylic acids is 1.